The Kier molecular flexibility index (Phi) is 4.69. The number of nitrogens with zero attached hydrogens (tertiary/aromatic N) is 6. The van der Waals surface area contributed by atoms with E-state index in [4.69, 9.17) is 4.74 Å². The Morgan fingerprint density at radius 2 is 1.93 bits per heavy atom. The summed E-state index contributed by atoms with van der Waals surface area (Å²) in [6.45, 7) is 6.46. The van der Waals surface area contributed by atoms with Gasteiger partial charge in [0.05, 0.1) is 30.6 Å². The minimum Gasteiger partial charge on any atom is -0.383 e. The molecule has 0 radical (unpaired) electrons. The molecule has 0 unspecified atom stereocenters. The van der Waals surface area contributed by atoms with Gasteiger partial charge in [-0.25, -0.2) is 0 Å². The van der Waals surface area contributed by atoms with Crippen LogP contribution in [0.3, 0.4) is 0 Å². The lowest BCUT2D eigenvalue weighted by molar-refractivity contribution is -0.0910. The fourth-order valence-corrected chi connectivity index (χ4v) is 4.68. The highest BCUT2D eigenvalue weighted by Crippen LogP contribution is 2.38. The molecule has 0 amide bonds. The van der Waals surface area contributed by atoms with E-state index >= 15 is 0 Å². The summed E-state index contributed by atoms with van der Waals surface area (Å²) in [6, 6.07) is 12.1. The van der Waals surface area contributed by atoms with Crippen LogP contribution >= 0.6 is 0 Å². The summed E-state index contributed by atoms with van der Waals surface area (Å²) >= 11 is 0. The molecule has 29 heavy (non-hydrogen) atoms. The zero-order valence-corrected chi connectivity index (χ0v) is 16.6. The van der Waals surface area contributed by atoms with Gasteiger partial charge in [0.1, 0.15) is 11.9 Å². The summed E-state index contributed by atoms with van der Waals surface area (Å²) < 4.78 is 7.30. The summed E-state index contributed by atoms with van der Waals surface area (Å²) in [5.41, 5.74) is 2.76. The number of aliphatic hydroxyl groups is 1. The molecule has 5 rings (SSSR count). The molecule has 0 bridgehead atoms. The predicted molar refractivity (Wildman–Crippen MR) is 109 cm³/mol. The number of hydrogen-bond acceptors (Lipinski definition) is 7. The van der Waals surface area contributed by atoms with Crippen molar-refractivity contribution in [1.29, 1.82) is 0 Å². The van der Waals surface area contributed by atoms with E-state index < -0.39 is 5.60 Å². The maximum Gasteiger partial charge on any atom is 0.200 e. The highest BCUT2D eigenvalue weighted by atomic mass is 16.5. The molecular formula is C21H26N6O2. The number of aryl methyl sites for hydroxylation is 1. The van der Waals surface area contributed by atoms with Crippen LogP contribution in [0, 0.1) is 6.92 Å². The smallest absolute Gasteiger partial charge is 0.200 e. The maximum atomic E-state index is 11.9. The van der Waals surface area contributed by atoms with E-state index in [1.165, 1.54) is 0 Å². The Balaban J connectivity index is 1.53. The van der Waals surface area contributed by atoms with Gasteiger partial charge >= 0.3 is 0 Å². The fraction of sp³-hybridized carbons (Fsp3) is 0.476. The minimum absolute atomic E-state index is 0.0426. The molecule has 8 nitrogen and oxygen atoms in total. The Morgan fingerprint density at radius 3 is 2.72 bits per heavy atom. The lowest BCUT2D eigenvalue weighted by atomic mass is 9.79. The lowest BCUT2D eigenvalue weighted by Crippen LogP contribution is -2.62. The van der Waals surface area contributed by atoms with Gasteiger partial charge in [-0.15, -0.1) is 10.2 Å². The van der Waals surface area contributed by atoms with Crippen molar-refractivity contribution in [1.82, 2.24) is 24.7 Å². The van der Waals surface area contributed by atoms with Crippen LogP contribution in [0.1, 0.15) is 17.7 Å². The second-order valence-electron chi connectivity index (χ2n) is 7.92. The van der Waals surface area contributed by atoms with E-state index in [1.54, 1.807) is 10.8 Å². The molecule has 0 aliphatic carbocycles. The first-order valence-corrected chi connectivity index (χ1v) is 10.2. The van der Waals surface area contributed by atoms with E-state index in [1.807, 2.05) is 37.3 Å². The number of ether oxygens (including phenoxy) is 1. The van der Waals surface area contributed by atoms with E-state index in [0.717, 1.165) is 42.2 Å². The van der Waals surface area contributed by atoms with Crippen molar-refractivity contribution in [3.05, 3.63) is 54.0 Å². The first kappa shape index (κ1) is 18.5. The van der Waals surface area contributed by atoms with Crippen LogP contribution in [0.25, 0.3) is 5.65 Å². The average Bonchev–Trinajstić information content (AvgIpc) is 3.23. The summed E-state index contributed by atoms with van der Waals surface area (Å²) in [6.07, 6.45) is 2.27. The summed E-state index contributed by atoms with van der Waals surface area (Å²) in [4.78, 5) is 4.69. The van der Waals surface area contributed by atoms with E-state index in [0.29, 0.717) is 26.2 Å². The molecule has 1 aromatic carbocycles. The van der Waals surface area contributed by atoms with Crippen molar-refractivity contribution in [3.63, 3.8) is 0 Å². The molecule has 2 aliphatic heterocycles. The van der Waals surface area contributed by atoms with Crippen LogP contribution in [0.5, 0.6) is 0 Å². The predicted octanol–water partition coefficient (Wildman–Crippen LogP) is 1.23. The van der Waals surface area contributed by atoms with Crippen LogP contribution in [-0.4, -0.2) is 75.3 Å². The van der Waals surface area contributed by atoms with Gasteiger partial charge in [-0.1, -0.05) is 30.3 Å². The molecule has 2 aromatic heterocycles. The Labute approximate surface area is 169 Å². The second-order valence-corrected chi connectivity index (χ2v) is 7.92. The Hall–Kier alpha value is -2.55. The zero-order valence-electron chi connectivity index (χ0n) is 16.6. The fourth-order valence-electron chi connectivity index (χ4n) is 4.68. The average molecular weight is 394 g/mol. The van der Waals surface area contributed by atoms with Crippen molar-refractivity contribution < 1.29 is 9.84 Å². The van der Waals surface area contributed by atoms with E-state index in [9.17, 15) is 5.11 Å². The van der Waals surface area contributed by atoms with Gasteiger partial charge in [-0.3, -0.25) is 4.90 Å². The number of hydrogen-bond donors (Lipinski definition) is 1. The molecule has 2 fully saturated rings. The van der Waals surface area contributed by atoms with Crippen molar-refractivity contribution in [2.24, 2.45) is 0 Å². The molecule has 8 heteroatoms. The molecule has 0 spiro atoms. The molecule has 2 atom stereocenters. The third kappa shape index (κ3) is 3.27. The van der Waals surface area contributed by atoms with Crippen molar-refractivity contribution >= 4 is 11.3 Å². The number of morpholine rings is 1. The molecule has 4 heterocycles. The van der Waals surface area contributed by atoms with Crippen molar-refractivity contribution in [3.8, 4) is 0 Å². The number of fused-ring (bicyclic) bond motifs is 1. The second kappa shape index (κ2) is 7.37. The Morgan fingerprint density at radius 1 is 1.14 bits per heavy atom. The van der Waals surface area contributed by atoms with Crippen molar-refractivity contribution in [2.45, 2.75) is 25.0 Å². The minimum atomic E-state index is -0.902. The van der Waals surface area contributed by atoms with Gasteiger partial charge in [-0.05, 0) is 25.0 Å². The van der Waals surface area contributed by atoms with Crippen LogP contribution < -0.4 is 4.90 Å². The third-order valence-electron chi connectivity index (χ3n) is 6.18. The number of aromatic nitrogens is 4. The van der Waals surface area contributed by atoms with E-state index in [2.05, 4.69) is 31.2 Å². The van der Waals surface area contributed by atoms with Gasteiger partial charge in [0, 0.05) is 26.2 Å². The van der Waals surface area contributed by atoms with Gasteiger partial charge in [0.25, 0.3) is 0 Å². The monoisotopic (exact) mass is 394 g/mol. The highest BCUT2D eigenvalue weighted by molar-refractivity contribution is 5.68. The molecule has 2 aliphatic rings. The molecule has 2 saturated heterocycles. The van der Waals surface area contributed by atoms with E-state index in [-0.39, 0.29) is 6.04 Å². The topological polar surface area (TPSA) is 79.0 Å². The highest BCUT2D eigenvalue weighted by Gasteiger charge is 2.46. The standard InChI is InChI=1S/C21H26N6O2/c1-16-13-18(20-23-22-15-27(20)24-16)26-8-7-21(28,17-5-3-2-4-6-17)19(14-26)25-9-11-29-12-10-25/h2-6,13,15,19,28H,7-12,14H2,1H3/t19-,21+/m1/s1. The lowest BCUT2D eigenvalue weighted by Gasteiger charge is -2.50. The van der Waals surface area contributed by atoms with Gasteiger partial charge in [-0.2, -0.15) is 9.61 Å². The van der Waals surface area contributed by atoms with Gasteiger partial charge in [0.2, 0.25) is 5.65 Å². The number of rotatable bonds is 3. The number of anilines is 1. The maximum absolute atomic E-state index is 11.9. The molecule has 0 saturated carbocycles. The van der Waals surface area contributed by atoms with Gasteiger partial charge < -0.3 is 14.7 Å². The summed E-state index contributed by atoms with van der Waals surface area (Å²) in [7, 11) is 0. The normalized spacial score (nSPS) is 26.1. The Bertz CT molecular complexity index is 987. The molecular weight excluding hydrogens is 368 g/mol. The molecule has 152 valence electrons. The van der Waals surface area contributed by atoms with Crippen LogP contribution in [0.2, 0.25) is 0 Å². The van der Waals surface area contributed by atoms with Crippen LogP contribution in [0.4, 0.5) is 5.69 Å². The quantitative estimate of drug-likeness (QED) is 0.716. The summed E-state index contributed by atoms with van der Waals surface area (Å²) in [5, 5.41) is 24.7. The zero-order chi connectivity index (χ0) is 19.8. The largest absolute Gasteiger partial charge is 0.383 e. The third-order valence-corrected chi connectivity index (χ3v) is 6.18. The first-order valence-electron chi connectivity index (χ1n) is 10.2. The van der Waals surface area contributed by atoms with Crippen LogP contribution in [0.15, 0.2) is 42.7 Å². The molecule has 3 aromatic rings. The SMILES string of the molecule is Cc1cc(N2CC[C@](O)(c3ccccc3)[C@H](N3CCOCC3)C2)c2nncn2n1. The van der Waals surface area contributed by atoms with Crippen molar-refractivity contribution in [2.75, 3.05) is 44.3 Å². The number of piperidine rings is 1. The van der Waals surface area contributed by atoms with Gasteiger partial charge in [0.15, 0.2) is 0 Å². The number of benzene rings is 1. The summed E-state index contributed by atoms with van der Waals surface area (Å²) in [5.74, 6) is 0. The van der Waals surface area contributed by atoms with Crippen LogP contribution in [-0.2, 0) is 10.3 Å². The first-order chi connectivity index (χ1) is 14.1. The molecule has 1 N–H and O–H groups in total.